The lowest BCUT2D eigenvalue weighted by atomic mass is 9.84. The van der Waals surface area contributed by atoms with E-state index in [1.165, 1.54) is 142 Å². The van der Waals surface area contributed by atoms with Crippen LogP contribution < -0.4 is 0 Å². The average molecular weight is 937 g/mol. The van der Waals surface area contributed by atoms with Crippen LogP contribution in [0.4, 0.5) is 0 Å². The van der Waals surface area contributed by atoms with E-state index < -0.39 is 0 Å². The smallest absolute Gasteiger partial charge is 0.00201 e. The van der Waals surface area contributed by atoms with Crippen molar-refractivity contribution in [2.24, 2.45) is 0 Å². The largest absolute Gasteiger partial charge is 0.0622 e. The maximum atomic E-state index is 2.40. The molecule has 0 atom stereocenters. The van der Waals surface area contributed by atoms with Gasteiger partial charge in [-0.15, -0.1) is 0 Å². The minimum atomic E-state index is 1.23. The molecule has 15 rings (SSSR count). The van der Waals surface area contributed by atoms with Crippen molar-refractivity contribution in [1.82, 2.24) is 0 Å². The van der Waals surface area contributed by atoms with Crippen molar-refractivity contribution in [3.05, 3.63) is 291 Å². The van der Waals surface area contributed by atoms with Gasteiger partial charge >= 0.3 is 0 Å². The minimum Gasteiger partial charge on any atom is -0.0622 e. The summed E-state index contributed by atoms with van der Waals surface area (Å²) in [6.07, 6.45) is 0. The van der Waals surface area contributed by atoms with E-state index >= 15 is 0 Å². The Morgan fingerprint density at radius 2 is 0.459 bits per heavy atom. The first kappa shape index (κ1) is 43.2. The highest BCUT2D eigenvalue weighted by molar-refractivity contribution is 6.25. The van der Waals surface area contributed by atoms with Gasteiger partial charge in [0, 0.05) is 0 Å². The summed E-state index contributed by atoms with van der Waals surface area (Å²) in [6, 6.07) is 106. The molecular weight excluding hydrogens is 889 g/mol. The van der Waals surface area contributed by atoms with Gasteiger partial charge in [-0.1, -0.05) is 267 Å². The van der Waals surface area contributed by atoms with E-state index in [-0.39, 0.29) is 0 Å². The normalized spacial score (nSPS) is 11.5. The summed E-state index contributed by atoms with van der Waals surface area (Å²) in [5.74, 6) is 0. The van der Waals surface area contributed by atoms with Gasteiger partial charge in [0.1, 0.15) is 0 Å². The molecule has 0 nitrogen and oxygen atoms in total. The summed E-state index contributed by atoms with van der Waals surface area (Å²) in [5, 5.41) is 20.4. The standard InChI is InChI=1S/C40H26.C34H22/c1-2-10-27(11-3-1)32-22-23-37-38(26-32)40(34-21-19-29-13-5-7-15-31(29)25-34)36-17-9-8-16-35(36)39(37)33-20-18-28-12-4-6-14-30(28)24-33;1-2-12-25-22-26(21-20-23(25)10-1)33-29-15-5-7-17-31(29)34(32-18-8-6-16-30(32)33)28-19-9-13-24-11-3-4-14-27(24)28/h1-26H;1-22H. The Morgan fingerprint density at radius 3 is 0.919 bits per heavy atom. The molecule has 0 saturated heterocycles. The van der Waals surface area contributed by atoms with Gasteiger partial charge in [0.15, 0.2) is 0 Å². The molecule has 0 radical (unpaired) electrons. The van der Waals surface area contributed by atoms with Crippen LogP contribution in [-0.4, -0.2) is 0 Å². The fourth-order valence-electron chi connectivity index (χ4n) is 11.8. The average Bonchev–Trinajstić information content (AvgIpc) is 3.48. The first-order valence-corrected chi connectivity index (χ1v) is 25.6. The molecule has 0 bridgehead atoms. The van der Waals surface area contributed by atoms with Gasteiger partial charge < -0.3 is 0 Å². The zero-order valence-corrected chi connectivity index (χ0v) is 40.7. The van der Waals surface area contributed by atoms with Crippen molar-refractivity contribution < 1.29 is 0 Å². The van der Waals surface area contributed by atoms with Gasteiger partial charge in [0.25, 0.3) is 0 Å². The molecule has 0 aliphatic rings. The van der Waals surface area contributed by atoms with Crippen molar-refractivity contribution in [3.63, 3.8) is 0 Å². The van der Waals surface area contributed by atoms with Gasteiger partial charge in [-0.05, 0) is 166 Å². The van der Waals surface area contributed by atoms with Gasteiger partial charge in [-0.25, -0.2) is 0 Å². The van der Waals surface area contributed by atoms with Crippen LogP contribution in [0.3, 0.4) is 0 Å². The highest BCUT2D eigenvalue weighted by Crippen LogP contribution is 2.48. The van der Waals surface area contributed by atoms with E-state index in [1.807, 2.05) is 0 Å². The van der Waals surface area contributed by atoms with Crippen molar-refractivity contribution in [2.75, 3.05) is 0 Å². The third-order valence-corrected chi connectivity index (χ3v) is 15.2. The highest BCUT2D eigenvalue weighted by Gasteiger charge is 2.20. The number of fused-ring (bicyclic) bond motifs is 8. The quantitative estimate of drug-likeness (QED) is 0.151. The Bertz CT molecular complexity index is 4590. The minimum absolute atomic E-state index is 1.23. The van der Waals surface area contributed by atoms with Gasteiger partial charge in [-0.3, -0.25) is 0 Å². The topological polar surface area (TPSA) is 0 Å². The third kappa shape index (κ3) is 7.47. The fraction of sp³-hybridized carbons (Fsp3) is 0. The number of benzene rings is 15. The lowest BCUT2D eigenvalue weighted by molar-refractivity contribution is 1.64. The van der Waals surface area contributed by atoms with Gasteiger partial charge in [0.05, 0.1) is 0 Å². The van der Waals surface area contributed by atoms with Crippen molar-refractivity contribution in [2.45, 2.75) is 0 Å². The van der Waals surface area contributed by atoms with Crippen LogP contribution in [0.1, 0.15) is 0 Å². The molecule has 0 heterocycles. The molecule has 15 aromatic rings. The molecule has 0 spiro atoms. The zero-order chi connectivity index (χ0) is 49.0. The van der Waals surface area contributed by atoms with Crippen molar-refractivity contribution in [3.8, 4) is 55.6 Å². The summed E-state index contributed by atoms with van der Waals surface area (Å²) in [4.78, 5) is 0. The first-order chi connectivity index (χ1) is 36.7. The fourth-order valence-corrected chi connectivity index (χ4v) is 11.8. The lowest BCUT2D eigenvalue weighted by Crippen LogP contribution is -1.92. The predicted molar refractivity (Wildman–Crippen MR) is 320 cm³/mol. The monoisotopic (exact) mass is 936 g/mol. The Morgan fingerprint density at radius 1 is 0.135 bits per heavy atom. The van der Waals surface area contributed by atoms with Crippen LogP contribution in [0.25, 0.3) is 142 Å². The van der Waals surface area contributed by atoms with Crippen molar-refractivity contribution in [1.29, 1.82) is 0 Å². The van der Waals surface area contributed by atoms with Crippen molar-refractivity contribution >= 4 is 86.2 Å². The number of hydrogen-bond acceptors (Lipinski definition) is 0. The van der Waals surface area contributed by atoms with E-state index in [9.17, 15) is 0 Å². The molecule has 15 aromatic carbocycles. The summed E-state index contributed by atoms with van der Waals surface area (Å²) in [6.45, 7) is 0. The molecular formula is C74H48. The molecule has 0 fully saturated rings. The molecule has 344 valence electrons. The maximum Gasteiger partial charge on any atom is -0.00201 e. The summed E-state index contributed by atoms with van der Waals surface area (Å²) in [7, 11) is 0. The molecule has 0 N–H and O–H groups in total. The van der Waals surface area contributed by atoms with E-state index in [0.717, 1.165) is 0 Å². The maximum absolute atomic E-state index is 2.40. The SMILES string of the molecule is c1ccc(-c2ccc3c(-c4ccc5ccccc5c4)c4ccccc4c(-c4ccc5ccccc5c4)c3c2)cc1.c1ccc2cc(-c3c4ccccc4c(-c4cccc5ccccc45)c4ccccc34)ccc2c1. The summed E-state index contributed by atoms with van der Waals surface area (Å²) < 4.78 is 0. The molecule has 0 saturated carbocycles. The van der Waals surface area contributed by atoms with Crippen LogP contribution in [0.15, 0.2) is 291 Å². The second-order valence-electron chi connectivity index (χ2n) is 19.5. The number of hydrogen-bond donors (Lipinski definition) is 0. The van der Waals surface area contributed by atoms with E-state index in [4.69, 9.17) is 0 Å². The third-order valence-electron chi connectivity index (χ3n) is 15.2. The van der Waals surface area contributed by atoms with Gasteiger partial charge in [-0.2, -0.15) is 0 Å². The van der Waals surface area contributed by atoms with E-state index in [2.05, 4.69) is 291 Å². The van der Waals surface area contributed by atoms with Crippen LogP contribution in [0.5, 0.6) is 0 Å². The molecule has 0 aromatic heterocycles. The molecule has 0 unspecified atom stereocenters. The molecule has 0 aliphatic heterocycles. The zero-order valence-electron chi connectivity index (χ0n) is 40.7. The summed E-state index contributed by atoms with van der Waals surface area (Å²) in [5.41, 5.74) is 12.7. The van der Waals surface area contributed by atoms with Crippen LogP contribution >= 0.6 is 0 Å². The molecule has 0 aliphatic carbocycles. The van der Waals surface area contributed by atoms with E-state index in [0.29, 0.717) is 0 Å². The Labute approximate surface area is 430 Å². The Balaban J connectivity index is 0.000000138. The Kier molecular flexibility index (Phi) is 10.6. The Hall–Kier alpha value is -9.62. The number of rotatable bonds is 5. The van der Waals surface area contributed by atoms with E-state index in [1.54, 1.807) is 0 Å². The van der Waals surface area contributed by atoms with Gasteiger partial charge in [0.2, 0.25) is 0 Å². The lowest BCUT2D eigenvalue weighted by Gasteiger charge is -2.19. The second kappa shape index (κ2) is 18.2. The predicted octanol–water partition coefficient (Wildman–Crippen LogP) is 20.9. The van der Waals surface area contributed by atoms with Crippen LogP contribution in [0.2, 0.25) is 0 Å². The molecule has 0 amide bonds. The highest BCUT2D eigenvalue weighted by atomic mass is 14.2. The second-order valence-corrected chi connectivity index (χ2v) is 19.5. The molecule has 0 heteroatoms. The first-order valence-electron chi connectivity index (χ1n) is 25.6. The van der Waals surface area contributed by atoms with Crippen LogP contribution in [-0.2, 0) is 0 Å². The summed E-state index contributed by atoms with van der Waals surface area (Å²) >= 11 is 0. The molecule has 74 heavy (non-hydrogen) atoms. The van der Waals surface area contributed by atoms with Crippen LogP contribution in [0, 0.1) is 0 Å².